The number of carbonyl (C=O) groups excluding carboxylic acids is 1. The Morgan fingerprint density at radius 3 is 2.29 bits per heavy atom. The first-order valence-corrected chi connectivity index (χ1v) is 6.72. The molecule has 3 rings (SSSR count). The molecule has 0 saturated carbocycles. The Balaban J connectivity index is 1.86. The van der Waals surface area contributed by atoms with Gasteiger partial charge in [0.25, 0.3) is 5.91 Å². The van der Waals surface area contributed by atoms with Gasteiger partial charge in [-0.1, -0.05) is 36.4 Å². The Morgan fingerprint density at radius 2 is 1.62 bits per heavy atom. The third-order valence-corrected chi connectivity index (χ3v) is 3.16. The van der Waals surface area contributed by atoms with Gasteiger partial charge in [0, 0.05) is 17.4 Å². The molecule has 0 unspecified atom stereocenters. The number of carbonyl (C=O) groups is 1. The smallest absolute Gasteiger partial charge is 0.276 e. The number of benzene rings is 2. The van der Waals surface area contributed by atoms with Gasteiger partial charge in [0.15, 0.2) is 5.69 Å². The summed E-state index contributed by atoms with van der Waals surface area (Å²) in [6, 6.07) is 19.1. The van der Waals surface area contributed by atoms with Crippen LogP contribution in [0.1, 0.15) is 16.1 Å². The Bertz CT molecular complexity index is 748. The minimum absolute atomic E-state index is 0.201. The quantitative estimate of drug-likeness (QED) is 0.797. The van der Waals surface area contributed by atoms with Crippen molar-refractivity contribution < 1.29 is 4.79 Å². The van der Waals surface area contributed by atoms with Crippen molar-refractivity contribution in [1.29, 1.82) is 0 Å². The van der Waals surface area contributed by atoms with Crippen molar-refractivity contribution in [1.82, 2.24) is 9.78 Å². The summed E-state index contributed by atoms with van der Waals surface area (Å²) in [6.07, 6.45) is 1.86. The van der Waals surface area contributed by atoms with E-state index >= 15 is 0 Å². The lowest BCUT2D eigenvalue weighted by Gasteiger charge is -2.03. The van der Waals surface area contributed by atoms with E-state index in [-0.39, 0.29) is 5.91 Å². The maximum absolute atomic E-state index is 12.3. The van der Waals surface area contributed by atoms with Gasteiger partial charge >= 0.3 is 0 Å². The molecule has 0 aliphatic rings. The van der Waals surface area contributed by atoms with E-state index in [9.17, 15) is 4.79 Å². The Morgan fingerprint density at radius 1 is 1.00 bits per heavy atom. The first-order chi connectivity index (χ1) is 10.2. The largest absolute Gasteiger partial charge is 0.321 e. The maximum Gasteiger partial charge on any atom is 0.276 e. The van der Waals surface area contributed by atoms with Crippen molar-refractivity contribution in [2.75, 3.05) is 5.32 Å². The van der Waals surface area contributed by atoms with Crippen molar-refractivity contribution in [3.8, 4) is 5.69 Å². The molecule has 0 fully saturated rings. The number of hydrogen-bond acceptors (Lipinski definition) is 2. The van der Waals surface area contributed by atoms with Crippen LogP contribution in [0.5, 0.6) is 0 Å². The van der Waals surface area contributed by atoms with E-state index in [4.69, 9.17) is 0 Å². The molecule has 0 radical (unpaired) electrons. The average molecular weight is 277 g/mol. The molecule has 4 heteroatoms. The summed E-state index contributed by atoms with van der Waals surface area (Å²) in [6.45, 7) is 1.88. The van der Waals surface area contributed by atoms with Gasteiger partial charge in [-0.05, 0) is 31.2 Å². The number of aromatic nitrogens is 2. The Kier molecular flexibility index (Phi) is 3.51. The molecule has 0 aliphatic heterocycles. The Labute approximate surface area is 123 Å². The fourth-order valence-corrected chi connectivity index (χ4v) is 2.11. The van der Waals surface area contributed by atoms with Crippen molar-refractivity contribution in [2.24, 2.45) is 0 Å². The second-order valence-corrected chi connectivity index (χ2v) is 4.76. The first-order valence-electron chi connectivity index (χ1n) is 6.72. The summed E-state index contributed by atoms with van der Waals surface area (Å²) < 4.78 is 1.72. The molecular weight excluding hydrogens is 262 g/mol. The second kappa shape index (κ2) is 5.63. The summed E-state index contributed by atoms with van der Waals surface area (Å²) in [4.78, 5) is 12.3. The summed E-state index contributed by atoms with van der Waals surface area (Å²) in [5.74, 6) is -0.201. The van der Waals surface area contributed by atoms with E-state index in [2.05, 4.69) is 10.4 Å². The lowest BCUT2D eigenvalue weighted by atomic mass is 10.2. The van der Waals surface area contributed by atoms with Crippen LogP contribution in [-0.4, -0.2) is 15.7 Å². The van der Waals surface area contributed by atoms with E-state index in [1.54, 1.807) is 4.68 Å². The van der Waals surface area contributed by atoms with Crippen molar-refractivity contribution in [2.45, 2.75) is 6.92 Å². The maximum atomic E-state index is 12.3. The number of rotatable bonds is 3. The van der Waals surface area contributed by atoms with Gasteiger partial charge in [-0.3, -0.25) is 4.79 Å². The van der Waals surface area contributed by atoms with E-state index in [0.29, 0.717) is 5.69 Å². The second-order valence-electron chi connectivity index (χ2n) is 4.76. The summed E-state index contributed by atoms with van der Waals surface area (Å²) in [7, 11) is 0. The standard InChI is InChI=1S/C17H15N3O/c1-13-12-20(15-10-6-3-7-11-15)19-16(13)17(21)18-14-8-4-2-5-9-14/h2-12H,1H3,(H,18,21). The molecule has 4 nitrogen and oxygen atoms in total. The lowest BCUT2D eigenvalue weighted by molar-refractivity contribution is 0.102. The number of nitrogens with one attached hydrogen (secondary N) is 1. The van der Waals surface area contributed by atoms with Gasteiger partial charge < -0.3 is 5.32 Å². The molecule has 1 N–H and O–H groups in total. The van der Waals surface area contributed by atoms with Gasteiger partial charge in [0.1, 0.15) is 0 Å². The number of amides is 1. The zero-order chi connectivity index (χ0) is 14.7. The van der Waals surface area contributed by atoms with Crippen LogP contribution in [0.25, 0.3) is 5.69 Å². The predicted octanol–water partition coefficient (Wildman–Crippen LogP) is 3.43. The van der Waals surface area contributed by atoms with Crippen LogP contribution in [0.3, 0.4) is 0 Å². The highest BCUT2D eigenvalue weighted by molar-refractivity contribution is 6.03. The summed E-state index contributed by atoms with van der Waals surface area (Å²) >= 11 is 0. The van der Waals surface area contributed by atoms with Crippen LogP contribution in [0.15, 0.2) is 66.9 Å². The molecule has 1 amide bonds. The molecule has 0 aliphatic carbocycles. The normalized spacial score (nSPS) is 10.3. The van der Waals surface area contributed by atoms with Crippen molar-refractivity contribution in [3.05, 3.63) is 78.1 Å². The molecule has 0 saturated heterocycles. The van der Waals surface area contributed by atoms with Gasteiger partial charge in [-0.15, -0.1) is 0 Å². The number of nitrogens with zero attached hydrogens (tertiary/aromatic N) is 2. The van der Waals surface area contributed by atoms with Crippen LogP contribution < -0.4 is 5.32 Å². The topological polar surface area (TPSA) is 46.9 Å². The number of hydrogen-bond donors (Lipinski definition) is 1. The number of anilines is 1. The summed E-state index contributed by atoms with van der Waals surface area (Å²) in [5, 5.41) is 7.23. The monoisotopic (exact) mass is 277 g/mol. The Hall–Kier alpha value is -2.88. The fraction of sp³-hybridized carbons (Fsp3) is 0.0588. The van der Waals surface area contributed by atoms with Crippen LogP contribution >= 0.6 is 0 Å². The van der Waals surface area contributed by atoms with Crippen molar-refractivity contribution >= 4 is 11.6 Å². The zero-order valence-corrected chi connectivity index (χ0v) is 11.7. The number of aryl methyl sites for hydroxylation is 1. The molecule has 21 heavy (non-hydrogen) atoms. The van der Waals surface area contributed by atoms with Crippen LogP contribution in [0, 0.1) is 6.92 Å². The summed E-state index contributed by atoms with van der Waals surface area (Å²) in [5.41, 5.74) is 2.96. The predicted molar refractivity (Wildman–Crippen MR) is 82.7 cm³/mol. The molecule has 0 bridgehead atoms. The minimum Gasteiger partial charge on any atom is -0.321 e. The fourth-order valence-electron chi connectivity index (χ4n) is 2.11. The SMILES string of the molecule is Cc1cn(-c2ccccc2)nc1C(=O)Nc1ccccc1. The van der Waals surface area contributed by atoms with E-state index < -0.39 is 0 Å². The van der Waals surface area contributed by atoms with Crippen molar-refractivity contribution in [3.63, 3.8) is 0 Å². The third kappa shape index (κ3) is 2.84. The lowest BCUT2D eigenvalue weighted by Crippen LogP contribution is -2.14. The minimum atomic E-state index is -0.201. The van der Waals surface area contributed by atoms with Crippen LogP contribution in [0.4, 0.5) is 5.69 Å². The number of para-hydroxylation sites is 2. The first kappa shape index (κ1) is 13.1. The van der Waals surface area contributed by atoms with Crippen LogP contribution in [0.2, 0.25) is 0 Å². The molecule has 0 spiro atoms. The van der Waals surface area contributed by atoms with Gasteiger partial charge in [-0.25, -0.2) is 4.68 Å². The molecule has 1 aromatic heterocycles. The van der Waals surface area contributed by atoms with Gasteiger partial charge in [-0.2, -0.15) is 5.10 Å². The van der Waals surface area contributed by atoms with Crippen LogP contribution in [-0.2, 0) is 0 Å². The molecule has 3 aromatic rings. The van der Waals surface area contributed by atoms with Gasteiger partial charge in [0.2, 0.25) is 0 Å². The van der Waals surface area contributed by atoms with Gasteiger partial charge in [0.05, 0.1) is 5.69 Å². The van der Waals surface area contributed by atoms with E-state index in [1.165, 1.54) is 0 Å². The highest BCUT2D eigenvalue weighted by Crippen LogP contribution is 2.14. The molecular formula is C17H15N3O. The zero-order valence-electron chi connectivity index (χ0n) is 11.7. The highest BCUT2D eigenvalue weighted by atomic mass is 16.2. The average Bonchev–Trinajstić information content (AvgIpc) is 2.91. The molecule has 1 heterocycles. The molecule has 104 valence electrons. The highest BCUT2D eigenvalue weighted by Gasteiger charge is 2.14. The molecule has 0 atom stereocenters. The van der Waals surface area contributed by atoms with E-state index in [1.807, 2.05) is 73.8 Å². The molecule has 2 aromatic carbocycles. The van der Waals surface area contributed by atoms with E-state index in [0.717, 1.165) is 16.9 Å². The third-order valence-electron chi connectivity index (χ3n) is 3.16.